The van der Waals surface area contributed by atoms with E-state index < -0.39 is 11.4 Å². The number of carbonyl (C=O) groups is 2. The molecule has 6 nitrogen and oxygen atoms in total. The molecule has 0 radical (unpaired) electrons. The summed E-state index contributed by atoms with van der Waals surface area (Å²) in [6, 6.07) is -0.0710. The summed E-state index contributed by atoms with van der Waals surface area (Å²) in [5.74, 6) is -0.832. The van der Waals surface area contributed by atoms with Crippen molar-refractivity contribution in [2.45, 2.75) is 65.5 Å². The average Bonchev–Trinajstić information content (AvgIpc) is 2.89. The highest BCUT2D eigenvalue weighted by atomic mass is 16.5. The number of nitrogens with zero attached hydrogens (tertiary/aromatic N) is 1. The van der Waals surface area contributed by atoms with Crippen LogP contribution in [0.3, 0.4) is 0 Å². The Morgan fingerprint density at radius 3 is 2.57 bits per heavy atom. The summed E-state index contributed by atoms with van der Waals surface area (Å²) in [6.45, 7) is 9.61. The van der Waals surface area contributed by atoms with Crippen LogP contribution in [0.25, 0.3) is 0 Å². The molecule has 1 saturated heterocycles. The molecule has 132 valence electrons. The van der Waals surface area contributed by atoms with Gasteiger partial charge in [-0.05, 0) is 26.2 Å². The molecule has 2 aliphatic rings. The van der Waals surface area contributed by atoms with Crippen LogP contribution in [0.1, 0.15) is 53.4 Å². The Balaban J connectivity index is 1.82. The summed E-state index contributed by atoms with van der Waals surface area (Å²) in [4.78, 5) is 25.3. The molecule has 0 bridgehead atoms. The maximum Gasteiger partial charge on any atom is 0.317 e. The second-order valence-electron chi connectivity index (χ2n) is 7.81. The highest BCUT2D eigenvalue weighted by molar-refractivity contribution is 5.79. The molecule has 2 rings (SSSR count). The Morgan fingerprint density at radius 1 is 1.35 bits per heavy atom. The van der Waals surface area contributed by atoms with E-state index in [-0.39, 0.29) is 30.1 Å². The van der Waals surface area contributed by atoms with Crippen LogP contribution in [-0.2, 0) is 9.53 Å². The molecule has 1 aliphatic carbocycles. The average molecular weight is 326 g/mol. The van der Waals surface area contributed by atoms with Gasteiger partial charge in [-0.1, -0.05) is 27.2 Å². The second kappa shape index (κ2) is 6.67. The minimum Gasteiger partial charge on any atom is -0.481 e. The Labute approximate surface area is 138 Å². The molecule has 3 unspecified atom stereocenters. The molecular formula is C17H30N2O4. The zero-order chi connectivity index (χ0) is 17.3. The van der Waals surface area contributed by atoms with Crippen molar-refractivity contribution in [1.29, 1.82) is 0 Å². The second-order valence-corrected chi connectivity index (χ2v) is 7.81. The normalized spacial score (nSPS) is 32.4. The number of rotatable bonds is 6. The molecule has 23 heavy (non-hydrogen) atoms. The standard InChI is InChI=1S/C17H30N2O4/c1-5-6-9-23-13-10-12(16(13,2)3)18-15(22)19-8-7-17(4,11-19)14(20)21/h12-13H,5-11H2,1-4H3,(H,18,22)(H,20,21). The first kappa shape index (κ1) is 18.0. The highest BCUT2D eigenvalue weighted by Crippen LogP contribution is 2.43. The van der Waals surface area contributed by atoms with Gasteiger partial charge in [0.15, 0.2) is 0 Å². The van der Waals surface area contributed by atoms with Crippen molar-refractivity contribution in [2.24, 2.45) is 10.8 Å². The molecule has 0 aromatic rings. The van der Waals surface area contributed by atoms with Crippen LogP contribution >= 0.6 is 0 Å². The van der Waals surface area contributed by atoms with E-state index in [1.807, 2.05) is 0 Å². The van der Waals surface area contributed by atoms with Gasteiger partial charge in [-0.15, -0.1) is 0 Å². The van der Waals surface area contributed by atoms with Gasteiger partial charge >= 0.3 is 12.0 Å². The van der Waals surface area contributed by atoms with Crippen molar-refractivity contribution in [3.8, 4) is 0 Å². The molecule has 1 aliphatic heterocycles. The lowest BCUT2D eigenvalue weighted by atomic mass is 9.64. The van der Waals surface area contributed by atoms with Crippen LogP contribution in [0, 0.1) is 10.8 Å². The van der Waals surface area contributed by atoms with Crippen molar-refractivity contribution in [2.75, 3.05) is 19.7 Å². The number of carboxylic acids is 1. The van der Waals surface area contributed by atoms with Crippen LogP contribution in [0.4, 0.5) is 4.79 Å². The fourth-order valence-electron chi connectivity index (χ4n) is 3.33. The number of hydrogen-bond acceptors (Lipinski definition) is 3. The van der Waals surface area contributed by atoms with E-state index in [9.17, 15) is 14.7 Å². The van der Waals surface area contributed by atoms with Crippen molar-refractivity contribution in [3.63, 3.8) is 0 Å². The van der Waals surface area contributed by atoms with E-state index in [4.69, 9.17) is 4.74 Å². The quantitative estimate of drug-likeness (QED) is 0.735. The van der Waals surface area contributed by atoms with Gasteiger partial charge in [-0.3, -0.25) is 4.79 Å². The number of hydrogen-bond donors (Lipinski definition) is 2. The smallest absolute Gasteiger partial charge is 0.317 e. The Kier molecular flexibility index (Phi) is 5.23. The Hall–Kier alpha value is -1.30. The van der Waals surface area contributed by atoms with Gasteiger partial charge in [-0.2, -0.15) is 0 Å². The van der Waals surface area contributed by atoms with Gasteiger partial charge in [0, 0.05) is 31.2 Å². The summed E-state index contributed by atoms with van der Waals surface area (Å²) in [5.41, 5.74) is -0.905. The van der Waals surface area contributed by atoms with Gasteiger partial charge in [0.05, 0.1) is 11.5 Å². The molecule has 0 aromatic carbocycles. The minimum absolute atomic E-state index is 0.0818. The number of urea groups is 1. The van der Waals surface area contributed by atoms with Crippen molar-refractivity contribution < 1.29 is 19.4 Å². The Bertz CT molecular complexity index is 466. The monoisotopic (exact) mass is 326 g/mol. The number of carbonyl (C=O) groups excluding carboxylic acids is 1. The number of carboxylic acid groups (broad SMARTS) is 1. The molecule has 1 saturated carbocycles. The zero-order valence-corrected chi connectivity index (χ0v) is 14.7. The molecule has 0 spiro atoms. The first-order valence-corrected chi connectivity index (χ1v) is 8.61. The predicted molar refractivity (Wildman–Crippen MR) is 87.3 cm³/mol. The third kappa shape index (κ3) is 3.62. The fraction of sp³-hybridized carbons (Fsp3) is 0.882. The van der Waals surface area contributed by atoms with Crippen LogP contribution in [0.5, 0.6) is 0 Å². The van der Waals surface area contributed by atoms with Gasteiger partial charge < -0.3 is 20.1 Å². The molecule has 2 N–H and O–H groups in total. The van der Waals surface area contributed by atoms with Crippen molar-refractivity contribution in [1.82, 2.24) is 10.2 Å². The van der Waals surface area contributed by atoms with E-state index in [1.54, 1.807) is 11.8 Å². The van der Waals surface area contributed by atoms with Crippen LogP contribution < -0.4 is 5.32 Å². The SMILES string of the molecule is CCCCOC1CC(NC(=O)N2CCC(C)(C(=O)O)C2)C1(C)C. The van der Waals surface area contributed by atoms with Gasteiger partial charge in [0.25, 0.3) is 0 Å². The van der Waals surface area contributed by atoms with E-state index in [1.165, 1.54) is 0 Å². The number of ether oxygens (including phenoxy) is 1. The topological polar surface area (TPSA) is 78.9 Å². The lowest BCUT2D eigenvalue weighted by Gasteiger charge is -2.52. The maximum atomic E-state index is 12.4. The van der Waals surface area contributed by atoms with Gasteiger partial charge in [-0.25, -0.2) is 4.79 Å². The number of unbranched alkanes of at least 4 members (excludes halogenated alkanes) is 1. The summed E-state index contributed by atoms with van der Waals surface area (Å²) in [5, 5.41) is 12.3. The third-order valence-corrected chi connectivity index (χ3v) is 5.57. The molecule has 1 heterocycles. The zero-order valence-electron chi connectivity index (χ0n) is 14.7. The highest BCUT2D eigenvalue weighted by Gasteiger charge is 2.50. The first-order valence-electron chi connectivity index (χ1n) is 8.61. The molecule has 2 amide bonds. The largest absolute Gasteiger partial charge is 0.481 e. The summed E-state index contributed by atoms with van der Waals surface area (Å²) in [6.07, 6.45) is 3.69. The van der Waals surface area contributed by atoms with Gasteiger partial charge in [0.2, 0.25) is 0 Å². The first-order chi connectivity index (χ1) is 10.7. The van der Waals surface area contributed by atoms with E-state index >= 15 is 0 Å². The van der Waals surface area contributed by atoms with Crippen LogP contribution in [-0.4, -0.2) is 53.8 Å². The Morgan fingerprint density at radius 2 is 2.04 bits per heavy atom. The lowest BCUT2D eigenvalue weighted by molar-refractivity contribution is -0.147. The number of likely N-dealkylation sites (tertiary alicyclic amines) is 1. The summed E-state index contributed by atoms with van der Waals surface area (Å²) in [7, 11) is 0. The number of amides is 2. The molecule has 6 heteroatoms. The molecule has 3 atom stereocenters. The summed E-state index contributed by atoms with van der Waals surface area (Å²) >= 11 is 0. The fourth-order valence-corrected chi connectivity index (χ4v) is 3.33. The third-order valence-electron chi connectivity index (χ3n) is 5.57. The van der Waals surface area contributed by atoms with E-state index in [0.29, 0.717) is 13.0 Å². The minimum atomic E-state index is -0.832. The predicted octanol–water partition coefficient (Wildman–Crippen LogP) is 2.48. The lowest BCUT2D eigenvalue weighted by Crippen LogP contribution is -2.63. The van der Waals surface area contributed by atoms with Crippen molar-refractivity contribution >= 4 is 12.0 Å². The van der Waals surface area contributed by atoms with Crippen LogP contribution in [0.15, 0.2) is 0 Å². The van der Waals surface area contributed by atoms with Crippen molar-refractivity contribution in [3.05, 3.63) is 0 Å². The van der Waals surface area contributed by atoms with E-state index in [0.717, 1.165) is 25.9 Å². The van der Waals surface area contributed by atoms with E-state index in [2.05, 4.69) is 26.1 Å². The number of nitrogens with one attached hydrogen (secondary N) is 1. The maximum absolute atomic E-state index is 12.4. The van der Waals surface area contributed by atoms with Gasteiger partial charge in [0.1, 0.15) is 0 Å². The van der Waals surface area contributed by atoms with Crippen LogP contribution in [0.2, 0.25) is 0 Å². The molecule has 2 fully saturated rings. The molecule has 0 aromatic heterocycles. The summed E-state index contributed by atoms with van der Waals surface area (Å²) < 4.78 is 5.89. The number of aliphatic carboxylic acids is 1. The molecular weight excluding hydrogens is 296 g/mol.